The number of ether oxygens (including phenoxy) is 3. The number of alkyl carbamates (subject to hydrolysis) is 1. The maximum Gasteiger partial charge on any atom is 0.490 e. The summed E-state index contributed by atoms with van der Waals surface area (Å²) in [6.07, 6.45) is -8.18. The van der Waals surface area contributed by atoms with E-state index in [-0.39, 0.29) is 36.6 Å². The molecule has 9 atom stereocenters. The number of rotatable bonds is 7. The van der Waals surface area contributed by atoms with Crippen LogP contribution >= 0.6 is 23.2 Å². The summed E-state index contributed by atoms with van der Waals surface area (Å²) in [5, 5.41) is 4.55. The van der Waals surface area contributed by atoms with Gasteiger partial charge < -0.3 is 19.5 Å². The summed E-state index contributed by atoms with van der Waals surface area (Å²) >= 11 is 11.4. The van der Waals surface area contributed by atoms with E-state index in [2.05, 4.69) is 22.2 Å². The van der Waals surface area contributed by atoms with E-state index in [4.69, 9.17) is 37.4 Å². The van der Waals surface area contributed by atoms with Crippen LogP contribution in [0.1, 0.15) is 70.7 Å². The molecule has 0 radical (unpaired) electrons. The average Bonchev–Trinajstić information content (AvgIpc) is 3.32. The number of amides is 3. The quantitative estimate of drug-likeness (QED) is 0.153. The van der Waals surface area contributed by atoms with Gasteiger partial charge in [-0.05, 0) is 49.1 Å². The van der Waals surface area contributed by atoms with E-state index in [1.165, 1.54) is 32.1 Å². The molecule has 3 aliphatic carbocycles. The fraction of sp³-hybridized carbons (Fsp3) is 0.606. The minimum absolute atomic E-state index is 0.0682. The molecule has 0 spiro atoms. The number of Topliss-reactive ketones (excluding diaryl/α,β-unsaturated/α-hetero) is 1. The molecule has 4 rings (SSSR count). The van der Waals surface area contributed by atoms with Crippen molar-refractivity contribution in [2.75, 3.05) is 5.32 Å². The van der Waals surface area contributed by atoms with Gasteiger partial charge in [0.05, 0.1) is 5.56 Å². The highest BCUT2D eigenvalue weighted by Gasteiger charge is 2.72. The molecule has 0 aliphatic heterocycles. The SMILES string of the molecule is C=C[C@]1(C)C[C@@H](OC(=O)NC(=O)c2ccc(NC(C)=O)nc2)[C@]2(C)C(C)CC[C@]3(C[C@H](OC(=O)C(Cl)Cl)C(=O)C32)[C@@H](C)[C@@H]1OC(=O)C(F)(F)F. The molecule has 3 fully saturated rings. The highest BCUT2D eigenvalue weighted by molar-refractivity contribution is 6.53. The summed E-state index contributed by atoms with van der Waals surface area (Å²) in [7, 11) is 0. The molecule has 3 amide bonds. The molecule has 0 aromatic carbocycles. The van der Waals surface area contributed by atoms with Crippen molar-refractivity contribution < 1.29 is 56.1 Å². The molecular formula is C33H38Cl2F3N3O9. The van der Waals surface area contributed by atoms with E-state index < -0.39 is 93.0 Å². The van der Waals surface area contributed by atoms with Crippen LogP contribution in [0.15, 0.2) is 31.0 Å². The number of carbonyl (C=O) groups excluding carboxylic acids is 6. The lowest BCUT2D eigenvalue weighted by molar-refractivity contribution is -0.229. The lowest BCUT2D eigenvalue weighted by atomic mass is 9.44. The van der Waals surface area contributed by atoms with Crippen molar-refractivity contribution in [2.24, 2.45) is 34.0 Å². The second-order valence-electron chi connectivity index (χ2n) is 13.8. The van der Waals surface area contributed by atoms with Crippen molar-refractivity contribution in [3.05, 3.63) is 36.5 Å². The first-order valence-corrected chi connectivity index (χ1v) is 16.7. The van der Waals surface area contributed by atoms with Gasteiger partial charge in [0.2, 0.25) is 10.7 Å². The van der Waals surface area contributed by atoms with Crippen LogP contribution in [0, 0.1) is 34.0 Å². The molecule has 50 heavy (non-hydrogen) atoms. The Kier molecular flexibility index (Phi) is 11.0. The number of nitrogens with one attached hydrogen (secondary N) is 2. The minimum Gasteiger partial charge on any atom is -0.454 e. The van der Waals surface area contributed by atoms with Gasteiger partial charge in [0.1, 0.15) is 18.0 Å². The number of alkyl halides is 5. The summed E-state index contributed by atoms with van der Waals surface area (Å²) in [5.74, 6) is -7.67. The number of carbonyl (C=O) groups is 6. The number of pyridine rings is 1. The number of hydrogen-bond donors (Lipinski definition) is 2. The van der Waals surface area contributed by atoms with Crippen LogP contribution in [0.3, 0.4) is 0 Å². The molecule has 1 aromatic rings. The van der Waals surface area contributed by atoms with Crippen LogP contribution in [0.25, 0.3) is 0 Å². The summed E-state index contributed by atoms with van der Waals surface area (Å²) < 4.78 is 57.6. The molecule has 2 bridgehead atoms. The zero-order valence-corrected chi connectivity index (χ0v) is 29.4. The molecule has 274 valence electrons. The molecule has 0 saturated heterocycles. The third-order valence-electron chi connectivity index (χ3n) is 11.0. The van der Waals surface area contributed by atoms with Crippen molar-refractivity contribution in [3.63, 3.8) is 0 Å². The molecule has 3 aliphatic rings. The Bertz CT molecular complexity index is 1580. The van der Waals surface area contributed by atoms with Gasteiger partial charge in [-0.25, -0.2) is 19.4 Å². The number of aromatic nitrogens is 1. The largest absolute Gasteiger partial charge is 0.490 e. The van der Waals surface area contributed by atoms with Crippen molar-refractivity contribution in [1.29, 1.82) is 0 Å². The third-order valence-corrected chi connectivity index (χ3v) is 11.3. The van der Waals surface area contributed by atoms with Crippen LogP contribution in [0.4, 0.5) is 23.8 Å². The van der Waals surface area contributed by atoms with E-state index in [9.17, 15) is 41.9 Å². The van der Waals surface area contributed by atoms with Gasteiger partial charge in [-0.2, -0.15) is 13.2 Å². The highest BCUT2D eigenvalue weighted by atomic mass is 35.5. The number of ketones is 1. The monoisotopic (exact) mass is 747 g/mol. The lowest BCUT2D eigenvalue weighted by Gasteiger charge is -2.61. The molecular weight excluding hydrogens is 710 g/mol. The van der Waals surface area contributed by atoms with E-state index in [1.807, 2.05) is 6.92 Å². The number of imide groups is 1. The molecule has 3 saturated carbocycles. The Balaban J connectivity index is 1.79. The zero-order chi connectivity index (χ0) is 37.6. The van der Waals surface area contributed by atoms with Crippen molar-refractivity contribution in [3.8, 4) is 0 Å². The Labute approximate surface area is 296 Å². The number of hydrogen-bond acceptors (Lipinski definition) is 10. The Hall–Kier alpha value is -3.72. The van der Waals surface area contributed by atoms with Gasteiger partial charge in [-0.1, -0.05) is 57.0 Å². The molecule has 2 unspecified atom stereocenters. The van der Waals surface area contributed by atoms with E-state index in [0.717, 1.165) is 6.20 Å². The maximum atomic E-state index is 14.4. The third kappa shape index (κ3) is 7.21. The standard InChI is InChI=1S/C33H38Cl2F3N3O9/c1-7-30(5)13-20(49-29(47)41-26(44)18-8-9-21(39-14-18)40-17(4)42)31(6)15(2)10-11-32(16(3)24(30)50-28(46)33(36,37)38)12-19(22(43)23(31)32)48-27(45)25(34)35/h7-9,14-16,19-20,23-25H,1,10-13H2,2-6H3,(H,39,40,42)(H,41,44,47)/t15?,16-,19-,20+,23?,24-,30+,31-,32-/m0/s1. The van der Waals surface area contributed by atoms with Gasteiger partial charge in [-0.3, -0.25) is 19.7 Å². The van der Waals surface area contributed by atoms with Crippen molar-refractivity contribution >= 4 is 64.6 Å². The second-order valence-corrected chi connectivity index (χ2v) is 14.9. The summed E-state index contributed by atoms with van der Waals surface area (Å²) in [5.41, 5.74) is -4.03. The zero-order valence-electron chi connectivity index (χ0n) is 27.9. The van der Waals surface area contributed by atoms with Crippen LogP contribution < -0.4 is 10.6 Å². The Morgan fingerprint density at radius 3 is 2.28 bits per heavy atom. The summed E-state index contributed by atoms with van der Waals surface area (Å²) in [4.78, 5) is 79.3. The number of halogens is 5. The van der Waals surface area contributed by atoms with Gasteiger partial charge in [0.15, 0.2) is 11.9 Å². The minimum atomic E-state index is -5.36. The van der Waals surface area contributed by atoms with Gasteiger partial charge in [0, 0.05) is 35.8 Å². The van der Waals surface area contributed by atoms with E-state index in [0.29, 0.717) is 6.42 Å². The highest BCUT2D eigenvalue weighted by Crippen LogP contribution is 2.68. The van der Waals surface area contributed by atoms with Crippen LogP contribution in [0.5, 0.6) is 0 Å². The molecule has 1 heterocycles. The second kappa shape index (κ2) is 14.1. The molecule has 17 heteroatoms. The van der Waals surface area contributed by atoms with E-state index in [1.54, 1.807) is 13.8 Å². The van der Waals surface area contributed by atoms with Crippen LogP contribution in [-0.2, 0) is 33.4 Å². The van der Waals surface area contributed by atoms with E-state index >= 15 is 0 Å². The summed E-state index contributed by atoms with van der Waals surface area (Å²) in [6.45, 7) is 11.7. The lowest BCUT2D eigenvalue weighted by Crippen LogP contribution is -2.64. The topological polar surface area (TPSA) is 167 Å². The molecule has 12 nitrogen and oxygen atoms in total. The smallest absolute Gasteiger partial charge is 0.454 e. The van der Waals surface area contributed by atoms with Crippen LogP contribution in [-0.4, -0.2) is 69.9 Å². The normalized spacial score (nSPS) is 33.6. The predicted octanol–water partition coefficient (Wildman–Crippen LogP) is 5.71. The van der Waals surface area contributed by atoms with Crippen molar-refractivity contribution in [1.82, 2.24) is 10.3 Å². The molecule has 1 aromatic heterocycles. The van der Waals surface area contributed by atoms with Crippen molar-refractivity contribution in [2.45, 2.75) is 89.6 Å². The van der Waals surface area contributed by atoms with Crippen LogP contribution in [0.2, 0.25) is 0 Å². The average molecular weight is 749 g/mol. The molecule has 2 N–H and O–H groups in total. The maximum absolute atomic E-state index is 14.4. The number of nitrogens with zero attached hydrogens (tertiary/aromatic N) is 1. The van der Waals surface area contributed by atoms with Gasteiger partial charge in [0.25, 0.3) is 5.91 Å². The Morgan fingerprint density at radius 2 is 1.74 bits per heavy atom. The summed E-state index contributed by atoms with van der Waals surface area (Å²) in [6, 6.07) is 2.64. The first-order chi connectivity index (χ1) is 23.1. The van der Waals surface area contributed by atoms with Gasteiger partial charge >= 0.3 is 24.2 Å². The predicted molar refractivity (Wildman–Crippen MR) is 172 cm³/mol. The first kappa shape index (κ1) is 39.1. The first-order valence-electron chi connectivity index (χ1n) is 15.8. The fourth-order valence-electron chi connectivity index (χ4n) is 8.26. The Morgan fingerprint density at radius 1 is 1.08 bits per heavy atom. The number of esters is 2. The van der Waals surface area contributed by atoms with Gasteiger partial charge in [-0.15, -0.1) is 6.58 Å². The fourth-order valence-corrected chi connectivity index (χ4v) is 8.36. The number of anilines is 1.